The lowest BCUT2D eigenvalue weighted by molar-refractivity contribution is 0.345. The highest BCUT2D eigenvalue weighted by Gasteiger charge is 2.19. The Balaban J connectivity index is 3.11. The van der Waals surface area contributed by atoms with Crippen molar-refractivity contribution >= 4 is 0 Å². The van der Waals surface area contributed by atoms with Gasteiger partial charge < -0.3 is 9.47 Å². The van der Waals surface area contributed by atoms with Gasteiger partial charge in [0.05, 0.1) is 7.11 Å². The van der Waals surface area contributed by atoms with Crippen molar-refractivity contribution in [2.75, 3.05) is 13.7 Å². The summed E-state index contributed by atoms with van der Waals surface area (Å²) in [6.45, 7) is 10.7. The molecule has 0 aliphatic carbocycles. The summed E-state index contributed by atoms with van der Waals surface area (Å²) in [5.74, 6) is 1.68. The average molecular weight is 220 g/mol. The first-order valence-electron chi connectivity index (χ1n) is 5.41. The van der Waals surface area contributed by atoms with Crippen LogP contribution >= 0.6 is 0 Å². The topological polar surface area (TPSA) is 18.5 Å². The van der Waals surface area contributed by atoms with Gasteiger partial charge in [-0.1, -0.05) is 39.5 Å². The van der Waals surface area contributed by atoms with Crippen LogP contribution in [0, 0.1) is 0 Å². The zero-order chi connectivity index (χ0) is 12.2. The van der Waals surface area contributed by atoms with Gasteiger partial charge in [0, 0.05) is 6.07 Å². The maximum absolute atomic E-state index is 5.66. The molecule has 0 bridgehead atoms. The van der Waals surface area contributed by atoms with Gasteiger partial charge in [-0.15, -0.1) is 0 Å². The monoisotopic (exact) mass is 220 g/mol. The third kappa shape index (κ3) is 3.02. The van der Waals surface area contributed by atoms with E-state index in [-0.39, 0.29) is 5.41 Å². The van der Waals surface area contributed by atoms with Crippen LogP contribution in [-0.4, -0.2) is 13.7 Å². The molecule has 0 atom stereocenters. The van der Waals surface area contributed by atoms with Crippen LogP contribution in [0.25, 0.3) is 0 Å². The summed E-state index contributed by atoms with van der Waals surface area (Å²) in [5, 5.41) is 0. The first kappa shape index (κ1) is 12.6. The summed E-state index contributed by atoms with van der Waals surface area (Å²) < 4.78 is 10.9. The van der Waals surface area contributed by atoms with Crippen LogP contribution in [0.1, 0.15) is 26.3 Å². The van der Waals surface area contributed by atoms with E-state index in [2.05, 4.69) is 33.4 Å². The van der Waals surface area contributed by atoms with Crippen molar-refractivity contribution in [3.8, 4) is 11.5 Å². The first-order valence-corrected chi connectivity index (χ1v) is 5.41. The summed E-state index contributed by atoms with van der Waals surface area (Å²) in [6, 6.07) is 5.93. The minimum Gasteiger partial charge on any atom is -0.497 e. The van der Waals surface area contributed by atoms with Gasteiger partial charge in [-0.05, 0) is 17.0 Å². The first-order chi connectivity index (χ1) is 7.49. The standard InChI is InChI=1S/C14H20O2/c1-6-9-16-13-10-11(15-5)7-8-12(13)14(2,3)4/h6-8,10H,1,9H2,2-5H3. The van der Waals surface area contributed by atoms with E-state index in [9.17, 15) is 0 Å². The molecule has 0 radical (unpaired) electrons. The number of hydrogen-bond donors (Lipinski definition) is 0. The van der Waals surface area contributed by atoms with Crippen LogP contribution in [0.15, 0.2) is 30.9 Å². The molecule has 0 unspecified atom stereocenters. The number of rotatable bonds is 4. The molecule has 1 rings (SSSR count). The highest BCUT2D eigenvalue weighted by molar-refractivity contribution is 5.44. The van der Waals surface area contributed by atoms with Crippen molar-refractivity contribution in [1.82, 2.24) is 0 Å². The van der Waals surface area contributed by atoms with Crippen LogP contribution in [0.4, 0.5) is 0 Å². The van der Waals surface area contributed by atoms with Gasteiger partial charge in [-0.25, -0.2) is 0 Å². The largest absolute Gasteiger partial charge is 0.497 e. The van der Waals surface area contributed by atoms with Crippen LogP contribution in [0.3, 0.4) is 0 Å². The number of ether oxygens (including phenoxy) is 2. The molecule has 16 heavy (non-hydrogen) atoms. The summed E-state index contributed by atoms with van der Waals surface area (Å²) in [4.78, 5) is 0. The lowest BCUT2D eigenvalue weighted by Crippen LogP contribution is -2.13. The smallest absolute Gasteiger partial charge is 0.127 e. The molecule has 2 heteroatoms. The molecule has 0 N–H and O–H groups in total. The molecule has 88 valence electrons. The molecule has 0 aliphatic rings. The van der Waals surface area contributed by atoms with E-state index in [1.54, 1.807) is 13.2 Å². The van der Waals surface area contributed by atoms with E-state index < -0.39 is 0 Å². The number of hydrogen-bond acceptors (Lipinski definition) is 2. The zero-order valence-corrected chi connectivity index (χ0v) is 10.5. The minimum absolute atomic E-state index is 0.0583. The van der Waals surface area contributed by atoms with Crippen molar-refractivity contribution < 1.29 is 9.47 Å². The average Bonchev–Trinajstić information content (AvgIpc) is 2.24. The Morgan fingerprint density at radius 1 is 1.31 bits per heavy atom. The van der Waals surface area contributed by atoms with Gasteiger partial charge in [-0.3, -0.25) is 0 Å². The Hall–Kier alpha value is -1.44. The molecule has 0 fully saturated rings. The molecule has 0 amide bonds. The van der Waals surface area contributed by atoms with Crippen LogP contribution < -0.4 is 9.47 Å². The van der Waals surface area contributed by atoms with Crippen molar-refractivity contribution in [3.05, 3.63) is 36.4 Å². The van der Waals surface area contributed by atoms with E-state index in [0.717, 1.165) is 11.5 Å². The number of methoxy groups -OCH3 is 1. The Morgan fingerprint density at radius 3 is 2.50 bits per heavy atom. The van der Waals surface area contributed by atoms with E-state index >= 15 is 0 Å². The molecule has 2 nitrogen and oxygen atoms in total. The van der Waals surface area contributed by atoms with Gasteiger partial charge in [0.1, 0.15) is 18.1 Å². The fraction of sp³-hybridized carbons (Fsp3) is 0.429. The number of benzene rings is 1. The molecular weight excluding hydrogens is 200 g/mol. The van der Waals surface area contributed by atoms with E-state index in [4.69, 9.17) is 9.47 Å². The van der Waals surface area contributed by atoms with Crippen molar-refractivity contribution in [2.24, 2.45) is 0 Å². The SMILES string of the molecule is C=CCOc1cc(OC)ccc1C(C)(C)C. The van der Waals surface area contributed by atoms with Gasteiger partial charge in [0.25, 0.3) is 0 Å². The highest BCUT2D eigenvalue weighted by atomic mass is 16.5. The molecule has 0 heterocycles. The van der Waals surface area contributed by atoms with E-state index in [1.165, 1.54) is 5.56 Å². The second kappa shape index (κ2) is 5.06. The lowest BCUT2D eigenvalue weighted by atomic mass is 9.86. The Kier molecular flexibility index (Phi) is 3.99. The normalized spacial score (nSPS) is 11.0. The van der Waals surface area contributed by atoms with Crippen molar-refractivity contribution in [1.29, 1.82) is 0 Å². The van der Waals surface area contributed by atoms with Crippen LogP contribution in [-0.2, 0) is 5.41 Å². The van der Waals surface area contributed by atoms with Gasteiger partial charge in [-0.2, -0.15) is 0 Å². The molecular formula is C14H20O2. The minimum atomic E-state index is 0.0583. The summed E-state index contributed by atoms with van der Waals surface area (Å²) in [5.41, 5.74) is 1.23. The predicted octanol–water partition coefficient (Wildman–Crippen LogP) is 3.56. The quantitative estimate of drug-likeness (QED) is 0.722. The van der Waals surface area contributed by atoms with Gasteiger partial charge in [0.2, 0.25) is 0 Å². The predicted molar refractivity (Wildman–Crippen MR) is 67.4 cm³/mol. The van der Waals surface area contributed by atoms with Crippen LogP contribution in [0.2, 0.25) is 0 Å². The third-order valence-corrected chi connectivity index (χ3v) is 2.35. The molecule has 1 aromatic carbocycles. The highest BCUT2D eigenvalue weighted by Crippen LogP contribution is 2.34. The van der Waals surface area contributed by atoms with Gasteiger partial charge >= 0.3 is 0 Å². The van der Waals surface area contributed by atoms with Crippen molar-refractivity contribution in [2.45, 2.75) is 26.2 Å². The Morgan fingerprint density at radius 2 is 2.00 bits per heavy atom. The molecule has 0 aliphatic heterocycles. The van der Waals surface area contributed by atoms with Crippen molar-refractivity contribution in [3.63, 3.8) is 0 Å². The zero-order valence-electron chi connectivity index (χ0n) is 10.5. The summed E-state index contributed by atoms with van der Waals surface area (Å²) in [7, 11) is 1.66. The molecule has 0 aromatic heterocycles. The maximum Gasteiger partial charge on any atom is 0.127 e. The molecule has 1 aromatic rings. The maximum atomic E-state index is 5.66. The van der Waals surface area contributed by atoms with E-state index in [1.807, 2.05) is 12.1 Å². The van der Waals surface area contributed by atoms with E-state index in [0.29, 0.717) is 6.61 Å². The Labute approximate surface area is 97.9 Å². The fourth-order valence-corrected chi connectivity index (χ4v) is 1.52. The third-order valence-electron chi connectivity index (χ3n) is 2.35. The van der Waals surface area contributed by atoms with Gasteiger partial charge in [0.15, 0.2) is 0 Å². The summed E-state index contributed by atoms with van der Waals surface area (Å²) >= 11 is 0. The second-order valence-electron chi connectivity index (χ2n) is 4.71. The molecule has 0 saturated carbocycles. The second-order valence-corrected chi connectivity index (χ2v) is 4.71. The summed E-state index contributed by atoms with van der Waals surface area (Å²) in [6.07, 6.45) is 1.74. The Bertz CT molecular complexity index is 361. The lowest BCUT2D eigenvalue weighted by Gasteiger charge is -2.23. The fourth-order valence-electron chi connectivity index (χ4n) is 1.52. The van der Waals surface area contributed by atoms with Crippen LogP contribution in [0.5, 0.6) is 11.5 Å². The molecule has 0 spiro atoms. The molecule has 0 saturated heterocycles.